The van der Waals surface area contributed by atoms with Crippen LogP contribution in [-0.4, -0.2) is 24.6 Å². The van der Waals surface area contributed by atoms with Crippen LogP contribution in [0.4, 0.5) is 4.39 Å². The first-order valence-electron chi connectivity index (χ1n) is 6.66. The third kappa shape index (κ3) is 2.25. The number of hydrogen-bond donors (Lipinski definition) is 0. The van der Waals surface area contributed by atoms with E-state index in [2.05, 4.69) is 0 Å². The number of ether oxygens (including phenoxy) is 2. The number of fused-ring (bicyclic) bond motifs is 1. The van der Waals surface area contributed by atoms with E-state index >= 15 is 0 Å². The molecule has 1 fully saturated rings. The maximum atomic E-state index is 13.3. The molecule has 2 unspecified atom stereocenters. The molecule has 1 aromatic rings. The molecule has 102 valence electrons. The summed E-state index contributed by atoms with van der Waals surface area (Å²) in [5.41, 5.74) is -0.0110. The lowest BCUT2D eigenvalue weighted by molar-refractivity contribution is -0.0467. The maximum Gasteiger partial charge on any atom is 0.170 e. The van der Waals surface area contributed by atoms with Crippen molar-refractivity contribution in [2.45, 2.75) is 43.8 Å². The van der Waals surface area contributed by atoms with Crippen molar-refractivity contribution in [2.75, 3.05) is 7.11 Å². The second-order valence-electron chi connectivity index (χ2n) is 5.48. The summed E-state index contributed by atoms with van der Waals surface area (Å²) in [6.07, 6.45) is 3.98. The quantitative estimate of drug-likeness (QED) is 0.781. The number of carbonyl (C=O) groups is 1. The molecule has 1 aliphatic heterocycles. The summed E-state index contributed by atoms with van der Waals surface area (Å²) >= 11 is 0. The van der Waals surface area contributed by atoms with Gasteiger partial charge in [-0.2, -0.15) is 0 Å². The monoisotopic (exact) mass is 264 g/mol. The molecule has 1 spiro atoms. The average molecular weight is 264 g/mol. The number of benzene rings is 1. The molecule has 0 saturated heterocycles. The van der Waals surface area contributed by atoms with Crippen molar-refractivity contribution in [2.24, 2.45) is 0 Å². The van der Waals surface area contributed by atoms with Gasteiger partial charge in [0.25, 0.3) is 0 Å². The zero-order valence-corrected chi connectivity index (χ0v) is 10.9. The minimum absolute atomic E-state index is 0.0398. The van der Waals surface area contributed by atoms with Crippen molar-refractivity contribution >= 4 is 5.78 Å². The minimum atomic E-state index is -0.503. The number of methoxy groups -OCH3 is 1. The molecule has 19 heavy (non-hydrogen) atoms. The second kappa shape index (κ2) is 4.60. The Labute approximate surface area is 111 Å². The SMILES string of the molecule is COC1CCCC2(CC(=O)c3ccc(F)cc3O2)C1. The number of ketones is 1. The lowest BCUT2D eigenvalue weighted by Crippen LogP contribution is -2.47. The number of Topliss-reactive ketones (excluding diaryl/α,β-unsaturated/α-hetero) is 1. The summed E-state index contributed by atoms with van der Waals surface area (Å²) in [5, 5.41) is 0. The van der Waals surface area contributed by atoms with Crippen molar-refractivity contribution in [3.63, 3.8) is 0 Å². The molecule has 0 bridgehead atoms. The fraction of sp³-hybridized carbons (Fsp3) is 0.533. The van der Waals surface area contributed by atoms with Crippen LogP contribution in [0.5, 0.6) is 5.75 Å². The lowest BCUT2D eigenvalue weighted by Gasteiger charge is -2.43. The summed E-state index contributed by atoms with van der Waals surface area (Å²) < 4.78 is 24.7. The van der Waals surface area contributed by atoms with Crippen molar-refractivity contribution in [1.82, 2.24) is 0 Å². The van der Waals surface area contributed by atoms with Crippen LogP contribution in [0, 0.1) is 5.82 Å². The van der Waals surface area contributed by atoms with E-state index in [0.29, 0.717) is 24.2 Å². The summed E-state index contributed by atoms with van der Waals surface area (Å²) in [4.78, 5) is 12.2. The van der Waals surface area contributed by atoms with Crippen LogP contribution in [0.3, 0.4) is 0 Å². The van der Waals surface area contributed by atoms with Gasteiger partial charge >= 0.3 is 0 Å². The van der Waals surface area contributed by atoms with Crippen molar-refractivity contribution in [3.05, 3.63) is 29.6 Å². The first-order valence-corrected chi connectivity index (χ1v) is 6.66. The highest BCUT2D eigenvalue weighted by Crippen LogP contribution is 2.42. The van der Waals surface area contributed by atoms with Crippen LogP contribution in [-0.2, 0) is 4.74 Å². The Hall–Kier alpha value is -1.42. The van der Waals surface area contributed by atoms with Crippen LogP contribution in [0.15, 0.2) is 18.2 Å². The van der Waals surface area contributed by atoms with Gasteiger partial charge < -0.3 is 9.47 Å². The van der Waals surface area contributed by atoms with Crippen molar-refractivity contribution in [1.29, 1.82) is 0 Å². The first kappa shape index (κ1) is 12.6. The molecule has 2 atom stereocenters. The number of rotatable bonds is 1. The van der Waals surface area contributed by atoms with Gasteiger partial charge in [0.05, 0.1) is 18.1 Å². The zero-order chi connectivity index (χ0) is 13.5. The first-order chi connectivity index (χ1) is 9.12. The Morgan fingerprint density at radius 1 is 1.47 bits per heavy atom. The highest BCUT2D eigenvalue weighted by atomic mass is 19.1. The summed E-state index contributed by atoms with van der Waals surface area (Å²) in [7, 11) is 1.68. The van der Waals surface area contributed by atoms with Crippen LogP contribution in [0.25, 0.3) is 0 Å². The molecule has 0 aromatic heterocycles. The van der Waals surface area contributed by atoms with Gasteiger partial charge in [-0.05, 0) is 31.4 Å². The van der Waals surface area contributed by atoms with E-state index in [1.807, 2.05) is 0 Å². The van der Waals surface area contributed by atoms with Gasteiger partial charge in [-0.1, -0.05) is 0 Å². The average Bonchev–Trinajstić information content (AvgIpc) is 2.38. The largest absolute Gasteiger partial charge is 0.486 e. The Bertz CT molecular complexity index is 514. The van der Waals surface area contributed by atoms with Crippen LogP contribution in [0.1, 0.15) is 42.5 Å². The topological polar surface area (TPSA) is 35.5 Å². The van der Waals surface area contributed by atoms with Crippen LogP contribution in [0.2, 0.25) is 0 Å². The van der Waals surface area contributed by atoms with Crippen LogP contribution < -0.4 is 4.74 Å². The molecule has 1 heterocycles. The molecule has 3 nitrogen and oxygen atoms in total. The predicted octanol–water partition coefficient (Wildman–Crippen LogP) is 3.12. The summed E-state index contributed by atoms with van der Waals surface area (Å²) in [6.45, 7) is 0. The van der Waals surface area contributed by atoms with E-state index in [4.69, 9.17) is 9.47 Å². The standard InChI is InChI=1S/C15H17FO3/c1-18-11-3-2-6-15(8-11)9-13(17)12-5-4-10(16)7-14(12)19-15/h4-5,7,11H,2-3,6,8-9H2,1H3. The molecule has 0 N–H and O–H groups in total. The molecular formula is C15H17FO3. The Kier molecular flexibility index (Phi) is 3.05. The zero-order valence-electron chi connectivity index (χ0n) is 10.9. The van der Waals surface area contributed by atoms with E-state index in [0.717, 1.165) is 19.3 Å². The minimum Gasteiger partial charge on any atom is -0.486 e. The Morgan fingerprint density at radius 2 is 2.32 bits per heavy atom. The molecule has 2 aliphatic rings. The highest BCUT2D eigenvalue weighted by molar-refractivity contribution is 6.00. The van der Waals surface area contributed by atoms with Crippen LogP contribution >= 0.6 is 0 Å². The summed E-state index contributed by atoms with van der Waals surface area (Å²) in [6, 6.07) is 4.12. The highest BCUT2D eigenvalue weighted by Gasteiger charge is 2.44. The van der Waals surface area contributed by atoms with E-state index < -0.39 is 5.60 Å². The molecule has 0 radical (unpaired) electrons. The van der Waals surface area contributed by atoms with Gasteiger partial charge in [0.15, 0.2) is 5.78 Å². The fourth-order valence-electron chi connectivity index (χ4n) is 3.19. The smallest absolute Gasteiger partial charge is 0.170 e. The molecule has 4 heteroatoms. The normalized spacial score (nSPS) is 30.0. The van der Waals surface area contributed by atoms with E-state index in [1.54, 1.807) is 7.11 Å². The Morgan fingerprint density at radius 3 is 3.11 bits per heavy atom. The maximum absolute atomic E-state index is 13.3. The third-order valence-corrected chi connectivity index (χ3v) is 4.14. The third-order valence-electron chi connectivity index (χ3n) is 4.14. The fourth-order valence-corrected chi connectivity index (χ4v) is 3.19. The van der Waals surface area contributed by atoms with Gasteiger partial charge in [-0.25, -0.2) is 4.39 Å². The molecule has 0 amide bonds. The van der Waals surface area contributed by atoms with E-state index in [1.165, 1.54) is 18.2 Å². The van der Waals surface area contributed by atoms with Gasteiger partial charge in [-0.15, -0.1) is 0 Å². The second-order valence-corrected chi connectivity index (χ2v) is 5.48. The van der Waals surface area contributed by atoms with E-state index in [-0.39, 0.29) is 17.7 Å². The van der Waals surface area contributed by atoms with Gasteiger partial charge in [0.2, 0.25) is 0 Å². The molecule has 1 saturated carbocycles. The number of halogens is 1. The molecule has 3 rings (SSSR count). The van der Waals surface area contributed by atoms with E-state index in [9.17, 15) is 9.18 Å². The van der Waals surface area contributed by atoms with Gasteiger partial charge in [0.1, 0.15) is 17.2 Å². The van der Waals surface area contributed by atoms with Crippen molar-refractivity contribution < 1.29 is 18.7 Å². The number of hydrogen-bond acceptors (Lipinski definition) is 3. The Balaban J connectivity index is 1.93. The summed E-state index contributed by atoms with van der Waals surface area (Å²) in [5.74, 6) is 0.0497. The lowest BCUT2D eigenvalue weighted by atomic mass is 9.77. The number of carbonyl (C=O) groups excluding carboxylic acids is 1. The van der Waals surface area contributed by atoms with Gasteiger partial charge in [0, 0.05) is 19.6 Å². The molecule has 1 aromatic carbocycles. The van der Waals surface area contributed by atoms with Crippen molar-refractivity contribution in [3.8, 4) is 5.75 Å². The van der Waals surface area contributed by atoms with Gasteiger partial charge in [-0.3, -0.25) is 4.79 Å². The molecule has 1 aliphatic carbocycles. The molecular weight excluding hydrogens is 247 g/mol. The predicted molar refractivity (Wildman–Crippen MR) is 68.0 cm³/mol.